The highest BCUT2D eigenvalue weighted by Crippen LogP contribution is 2.47. The van der Waals surface area contributed by atoms with Crippen LogP contribution in [0.2, 0.25) is 5.02 Å². The molecule has 0 aliphatic carbocycles. The largest absolute Gasteiger partial charge is 0.497 e. The molecule has 0 radical (unpaired) electrons. The van der Waals surface area contributed by atoms with Crippen LogP contribution in [0.15, 0.2) is 47.5 Å². The summed E-state index contributed by atoms with van der Waals surface area (Å²) in [5.41, 5.74) is 4.47. The molecule has 0 spiro atoms. The Balaban J connectivity index is 2.00. The number of halogens is 1. The van der Waals surface area contributed by atoms with Gasteiger partial charge in [0.15, 0.2) is 0 Å². The zero-order valence-electron chi connectivity index (χ0n) is 15.1. The van der Waals surface area contributed by atoms with Crippen LogP contribution in [0.1, 0.15) is 31.9 Å². The molecule has 26 heavy (non-hydrogen) atoms. The summed E-state index contributed by atoms with van der Waals surface area (Å²) in [6.07, 6.45) is 2.11. The molecule has 0 saturated carbocycles. The fourth-order valence-electron chi connectivity index (χ4n) is 3.78. The highest BCUT2D eigenvalue weighted by molar-refractivity contribution is 6.55. The van der Waals surface area contributed by atoms with E-state index in [1.54, 1.807) is 19.2 Å². The van der Waals surface area contributed by atoms with E-state index in [4.69, 9.17) is 16.3 Å². The Bertz CT molecular complexity index is 1010. The number of allylic oxidation sites excluding steroid dienone is 1. The second kappa shape index (κ2) is 5.71. The first kappa shape index (κ1) is 16.9. The van der Waals surface area contributed by atoms with Crippen LogP contribution in [0.25, 0.3) is 5.57 Å². The van der Waals surface area contributed by atoms with E-state index in [-0.39, 0.29) is 5.91 Å². The number of anilines is 1. The quantitative estimate of drug-likeness (QED) is 0.749. The van der Waals surface area contributed by atoms with Crippen LogP contribution in [0.5, 0.6) is 5.75 Å². The fourth-order valence-corrected chi connectivity index (χ4v) is 3.96. The lowest BCUT2D eigenvalue weighted by molar-refractivity contribution is -0.112. The molecule has 4 rings (SSSR count). The smallest absolute Gasteiger partial charge is 0.278 e. The standard InChI is InChI=1S/C21H19ClN2O2/c1-12-11-21(2,3)24-19-16(12)9-15(26-4)10-17(19)18(20(24)25)23-14-7-5-6-13(22)8-14/h5-11H,1-4H3. The van der Waals surface area contributed by atoms with Crippen molar-refractivity contribution in [1.29, 1.82) is 0 Å². The number of rotatable bonds is 2. The highest BCUT2D eigenvalue weighted by Gasteiger charge is 2.45. The Kier molecular flexibility index (Phi) is 3.70. The van der Waals surface area contributed by atoms with Gasteiger partial charge in [0.2, 0.25) is 0 Å². The maximum atomic E-state index is 13.3. The van der Waals surface area contributed by atoms with Crippen molar-refractivity contribution in [3.05, 3.63) is 58.6 Å². The minimum atomic E-state index is -0.427. The van der Waals surface area contributed by atoms with Gasteiger partial charge in [-0.25, -0.2) is 4.99 Å². The van der Waals surface area contributed by atoms with Crippen molar-refractivity contribution in [3.63, 3.8) is 0 Å². The number of ether oxygens (including phenoxy) is 1. The predicted molar refractivity (Wildman–Crippen MR) is 106 cm³/mol. The third-order valence-corrected chi connectivity index (χ3v) is 5.06. The van der Waals surface area contributed by atoms with E-state index in [1.807, 2.05) is 43.0 Å². The maximum Gasteiger partial charge on any atom is 0.278 e. The van der Waals surface area contributed by atoms with Gasteiger partial charge in [-0.05, 0) is 56.7 Å². The van der Waals surface area contributed by atoms with Crippen LogP contribution < -0.4 is 9.64 Å². The first-order valence-electron chi connectivity index (χ1n) is 8.43. The molecule has 4 nitrogen and oxygen atoms in total. The summed E-state index contributed by atoms with van der Waals surface area (Å²) in [7, 11) is 1.63. The summed E-state index contributed by atoms with van der Waals surface area (Å²) in [4.78, 5) is 19.7. The molecule has 5 heteroatoms. The Labute approximate surface area is 157 Å². The Morgan fingerprint density at radius 1 is 1.15 bits per heavy atom. The van der Waals surface area contributed by atoms with Gasteiger partial charge < -0.3 is 4.74 Å². The number of hydrogen-bond donors (Lipinski definition) is 0. The van der Waals surface area contributed by atoms with E-state index in [0.717, 1.165) is 22.4 Å². The van der Waals surface area contributed by atoms with Crippen molar-refractivity contribution in [2.24, 2.45) is 4.99 Å². The van der Waals surface area contributed by atoms with Crippen molar-refractivity contribution < 1.29 is 9.53 Å². The second-order valence-electron chi connectivity index (χ2n) is 7.13. The first-order chi connectivity index (χ1) is 12.3. The number of nitrogens with zero attached hydrogens (tertiary/aromatic N) is 2. The summed E-state index contributed by atoms with van der Waals surface area (Å²) in [6, 6.07) is 11.1. The van der Waals surface area contributed by atoms with Gasteiger partial charge in [-0.3, -0.25) is 9.69 Å². The molecular weight excluding hydrogens is 348 g/mol. The van der Waals surface area contributed by atoms with Gasteiger partial charge in [0, 0.05) is 16.1 Å². The molecule has 0 atom stereocenters. The summed E-state index contributed by atoms with van der Waals surface area (Å²) in [5.74, 6) is 0.600. The molecule has 0 aromatic heterocycles. The monoisotopic (exact) mass is 366 g/mol. The summed E-state index contributed by atoms with van der Waals surface area (Å²) < 4.78 is 5.46. The molecule has 1 amide bonds. The average molecular weight is 367 g/mol. The van der Waals surface area contributed by atoms with Crippen molar-refractivity contribution >= 4 is 40.2 Å². The fraction of sp³-hybridized carbons (Fsp3) is 0.238. The molecule has 2 heterocycles. The van der Waals surface area contributed by atoms with E-state index >= 15 is 0 Å². The lowest BCUT2D eigenvalue weighted by Crippen LogP contribution is -2.47. The van der Waals surface area contributed by atoms with Gasteiger partial charge in [-0.1, -0.05) is 23.7 Å². The molecule has 2 aliphatic heterocycles. The number of methoxy groups -OCH3 is 1. The molecule has 0 N–H and O–H groups in total. The number of hydrogen-bond acceptors (Lipinski definition) is 3. The van der Waals surface area contributed by atoms with E-state index < -0.39 is 5.54 Å². The molecule has 2 aromatic rings. The van der Waals surface area contributed by atoms with Crippen molar-refractivity contribution in [3.8, 4) is 5.75 Å². The van der Waals surface area contributed by atoms with Gasteiger partial charge in [0.05, 0.1) is 24.0 Å². The molecule has 2 aromatic carbocycles. The van der Waals surface area contributed by atoms with Crippen molar-refractivity contribution in [2.45, 2.75) is 26.3 Å². The first-order valence-corrected chi connectivity index (χ1v) is 8.80. The summed E-state index contributed by atoms with van der Waals surface area (Å²) >= 11 is 6.08. The van der Waals surface area contributed by atoms with Gasteiger partial charge in [-0.15, -0.1) is 0 Å². The maximum absolute atomic E-state index is 13.3. The topological polar surface area (TPSA) is 41.9 Å². The average Bonchev–Trinajstić information content (AvgIpc) is 2.85. The van der Waals surface area contributed by atoms with E-state index in [0.29, 0.717) is 22.2 Å². The van der Waals surface area contributed by atoms with Crippen LogP contribution in [-0.2, 0) is 4.79 Å². The van der Waals surface area contributed by atoms with Crippen LogP contribution in [-0.4, -0.2) is 24.3 Å². The number of amides is 1. The molecule has 0 bridgehead atoms. The van der Waals surface area contributed by atoms with Crippen LogP contribution in [0.3, 0.4) is 0 Å². The minimum absolute atomic E-state index is 0.108. The minimum Gasteiger partial charge on any atom is -0.497 e. The van der Waals surface area contributed by atoms with E-state index in [1.165, 1.54) is 0 Å². The third-order valence-electron chi connectivity index (χ3n) is 4.82. The third kappa shape index (κ3) is 2.44. The summed E-state index contributed by atoms with van der Waals surface area (Å²) in [5, 5.41) is 0.586. The van der Waals surface area contributed by atoms with Crippen molar-refractivity contribution in [1.82, 2.24) is 0 Å². The van der Waals surface area contributed by atoms with Crippen LogP contribution in [0.4, 0.5) is 11.4 Å². The van der Waals surface area contributed by atoms with E-state index in [2.05, 4.69) is 18.0 Å². The van der Waals surface area contributed by atoms with Gasteiger partial charge in [-0.2, -0.15) is 0 Å². The molecule has 2 aliphatic rings. The Morgan fingerprint density at radius 3 is 2.58 bits per heavy atom. The van der Waals surface area contributed by atoms with Gasteiger partial charge >= 0.3 is 0 Å². The molecule has 0 unspecified atom stereocenters. The summed E-state index contributed by atoms with van der Waals surface area (Å²) in [6.45, 7) is 6.13. The lowest BCUT2D eigenvalue weighted by Gasteiger charge is -2.38. The molecular formula is C21H19ClN2O2. The second-order valence-corrected chi connectivity index (χ2v) is 7.57. The molecule has 0 fully saturated rings. The zero-order chi connectivity index (χ0) is 18.6. The Morgan fingerprint density at radius 2 is 1.88 bits per heavy atom. The lowest BCUT2D eigenvalue weighted by atomic mass is 9.89. The predicted octanol–water partition coefficient (Wildman–Crippen LogP) is 5.01. The van der Waals surface area contributed by atoms with E-state index in [9.17, 15) is 4.79 Å². The number of carbonyl (C=O) groups excluding carboxylic acids is 1. The zero-order valence-corrected chi connectivity index (χ0v) is 15.9. The number of aliphatic imine (C=N–C) groups is 1. The number of benzene rings is 2. The normalized spacial score (nSPS) is 18.8. The SMILES string of the molecule is COc1cc2c3c(c1)C(=Nc1cccc(Cl)c1)C(=O)N3C(C)(C)C=C2C. The number of carbonyl (C=O) groups is 1. The highest BCUT2D eigenvalue weighted by atomic mass is 35.5. The van der Waals surface area contributed by atoms with Crippen molar-refractivity contribution in [2.75, 3.05) is 12.0 Å². The Hall–Kier alpha value is -2.59. The van der Waals surface area contributed by atoms with Crippen LogP contribution in [0, 0.1) is 0 Å². The molecule has 0 saturated heterocycles. The van der Waals surface area contributed by atoms with Gasteiger partial charge in [0.25, 0.3) is 5.91 Å². The van der Waals surface area contributed by atoms with Crippen LogP contribution >= 0.6 is 11.6 Å². The molecule has 132 valence electrons. The van der Waals surface area contributed by atoms with Gasteiger partial charge in [0.1, 0.15) is 11.5 Å².